The summed E-state index contributed by atoms with van der Waals surface area (Å²) in [6.07, 6.45) is 0. The maximum atomic E-state index is 12.3. The molecule has 24 heavy (non-hydrogen) atoms. The molecule has 2 aromatic carbocycles. The maximum Gasteiger partial charge on any atom is 0.258 e. The molecule has 0 radical (unpaired) electrons. The molecule has 2 N–H and O–H groups in total. The van der Waals surface area contributed by atoms with Gasteiger partial charge in [-0.15, -0.1) is 0 Å². The molecule has 0 aromatic heterocycles. The highest BCUT2D eigenvalue weighted by atomic mass is 127. The maximum absolute atomic E-state index is 12.3. The molecular formula is C17H15Cl2IN2OS. The molecule has 0 saturated carbocycles. The van der Waals surface area contributed by atoms with E-state index in [0.717, 1.165) is 14.8 Å². The molecule has 126 valence electrons. The van der Waals surface area contributed by atoms with E-state index in [1.807, 2.05) is 12.1 Å². The Morgan fingerprint density at radius 2 is 1.88 bits per heavy atom. The van der Waals surface area contributed by atoms with Gasteiger partial charge in [0.2, 0.25) is 0 Å². The van der Waals surface area contributed by atoms with E-state index in [9.17, 15) is 4.79 Å². The SMILES string of the molecule is CC(C)c1cc(I)ccc1NC(=S)NC(=O)c1ccc(Cl)cc1Cl. The number of halogens is 3. The van der Waals surface area contributed by atoms with Gasteiger partial charge in [0.1, 0.15) is 0 Å². The van der Waals surface area contributed by atoms with Crippen molar-refractivity contribution >= 4 is 74.7 Å². The minimum absolute atomic E-state index is 0.217. The lowest BCUT2D eigenvalue weighted by molar-refractivity contribution is 0.0978. The average molecular weight is 493 g/mol. The molecule has 0 aliphatic carbocycles. The van der Waals surface area contributed by atoms with Crippen LogP contribution < -0.4 is 10.6 Å². The van der Waals surface area contributed by atoms with Crippen molar-refractivity contribution in [2.45, 2.75) is 19.8 Å². The summed E-state index contributed by atoms with van der Waals surface area (Å²) in [4.78, 5) is 12.3. The zero-order valence-electron chi connectivity index (χ0n) is 13.0. The Labute approximate surface area is 170 Å². The van der Waals surface area contributed by atoms with Crippen LogP contribution in [0.2, 0.25) is 10.0 Å². The fraction of sp³-hybridized carbons (Fsp3) is 0.176. The first-order chi connectivity index (χ1) is 11.3. The summed E-state index contributed by atoms with van der Waals surface area (Å²) < 4.78 is 1.14. The second-order valence-corrected chi connectivity index (χ2v) is 7.92. The molecular weight excluding hydrogens is 478 g/mol. The topological polar surface area (TPSA) is 41.1 Å². The lowest BCUT2D eigenvalue weighted by Gasteiger charge is -2.16. The lowest BCUT2D eigenvalue weighted by atomic mass is 10.0. The van der Waals surface area contributed by atoms with E-state index in [-0.39, 0.29) is 16.0 Å². The van der Waals surface area contributed by atoms with Crippen molar-refractivity contribution in [1.29, 1.82) is 0 Å². The quantitative estimate of drug-likeness (QED) is 0.417. The molecule has 0 heterocycles. The number of rotatable bonds is 3. The molecule has 0 fully saturated rings. The van der Waals surface area contributed by atoms with Crippen LogP contribution in [0.4, 0.5) is 5.69 Å². The van der Waals surface area contributed by atoms with Crippen LogP contribution in [-0.4, -0.2) is 11.0 Å². The Hall–Kier alpha value is -0.890. The van der Waals surface area contributed by atoms with Crippen LogP contribution in [-0.2, 0) is 0 Å². The van der Waals surface area contributed by atoms with Crippen molar-refractivity contribution in [1.82, 2.24) is 5.32 Å². The number of hydrogen-bond donors (Lipinski definition) is 2. The summed E-state index contributed by atoms with van der Waals surface area (Å²) in [6, 6.07) is 10.7. The number of nitrogens with one attached hydrogen (secondary N) is 2. The van der Waals surface area contributed by atoms with E-state index in [1.165, 1.54) is 6.07 Å². The Morgan fingerprint density at radius 1 is 1.17 bits per heavy atom. The van der Waals surface area contributed by atoms with Gasteiger partial charge in [0.15, 0.2) is 5.11 Å². The van der Waals surface area contributed by atoms with Gasteiger partial charge in [-0.3, -0.25) is 10.1 Å². The Kier molecular flexibility index (Phi) is 6.86. The van der Waals surface area contributed by atoms with E-state index in [1.54, 1.807) is 12.1 Å². The van der Waals surface area contributed by atoms with Crippen molar-refractivity contribution in [3.63, 3.8) is 0 Å². The van der Waals surface area contributed by atoms with Crippen LogP contribution in [0, 0.1) is 3.57 Å². The van der Waals surface area contributed by atoms with E-state index in [4.69, 9.17) is 35.4 Å². The van der Waals surface area contributed by atoms with E-state index in [0.29, 0.717) is 16.5 Å². The molecule has 2 rings (SSSR count). The van der Waals surface area contributed by atoms with Gasteiger partial charge in [-0.2, -0.15) is 0 Å². The summed E-state index contributed by atoms with van der Waals surface area (Å²) >= 11 is 19.4. The van der Waals surface area contributed by atoms with Crippen molar-refractivity contribution < 1.29 is 4.79 Å². The number of carbonyl (C=O) groups excluding carboxylic acids is 1. The van der Waals surface area contributed by atoms with Crippen LogP contribution in [0.3, 0.4) is 0 Å². The molecule has 1 amide bonds. The number of hydrogen-bond acceptors (Lipinski definition) is 2. The molecule has 0 saturated heterocycles. The number of amides is 1. The molecule has 0 bridgehead atoms. The molecule has 7 heteroatoms. The van der Waals surface area contributed by atoms with Gasteiger partial charge in [0.05, 0.1) is 10.6 Å². The third kappa shape index (κ3) is 5.05. The zero-order chi connectivity index (χ0) is 17.9. The molecule has 3 nitrogen and oxygen atoms in total. The third-order valence-electron chi connectivity index (χ3n) is 3.29. The smallest absolute Gasteiger partial charge is 0.258 e. The molecule has 2 aromatic rings. The molecule has 0 aliphatic rings. The van der Waals surface area contributed by atoms with E-state index in [2.05, 4.69) is 53.1 Å². The number of thiocarbonyl (C=S) groups is 1. The molecule has 0 aliphatic heterocycles. The van der Waals surface area contributed by atoms with Crippen LogP contribution in [0.1, 0.15) is 35.7 Å². The fourth-order valence-electron chi connectivity index (χ4n) is 2.12. The molecule has 0 atom stereocenters. The van der Waals surface area contributed by atoms with E-state index < -0.39 is 0 Å². The lowest BCUT2D eigenvalue weighted by Crippen LogP contribution is -2.34. The highest BCUT2D eigenvalue weighted by Gasteiger charge is 2.14. The van der Waals surface area contributed by atoms with Crippen molar-refractivity contribution in [3.05, 3.63) is 61.1 Å². The number of anilines is 1. The minimum atomic E-state index is -0.384. The van der Waals surface area contributed by atoms with Crippen LogP contribution in [0.15, 0.2) is 36.4 Å². The largest absolute Gasteiger partial charge is 0.332 e. The standard InChI is InChI=1S/C17H15Cl2IN2OS/c1-9(2)13-8-11(20)4-6-15(13)21-17(24)22-16(23)12-5-3-10(18)7-14(12)19/h3-9H,1-2H3,(H2,21,22,23,24). The first kappa shape index (κ1) is 19.4. The number of benzene rings is 2. The summed E-state index contributed by atoms with van der Waals surface area (Å²) in [7, 11) is 0. The van der Waals surface area contributed by atoms with Crippen molar-refractivity contribution in [2.75, 3.05) is 5.32 Å². The van der Waals surface area contributed by atoms with Crippen molar-refractivity contribution in [2.24, 2.45) is 0 Å². The zero-order valence-corrected chi connectivity index (χ0v) is 17.5. The Morgan fingerprint density at radius 3 is 2.50 bits per heavy atom. The summed E-state index contributed by atoms with van der Waals surface area (Å²) in [5.41, 5.74) is 2.32. The predicted molar refractivity (Wildman–Crippen MR) is 113 cm³/mol. The Balaban J connectivity index is 2.12. The summed E-state index contributed by atoms with van der Waals surface area (Å²) in [6.45, 7) is 4.21. The second kappa shape index (κ2) is 8.47. The van der Waals surface area contributed by atoms with Gasteiger partial charge in [-0.25, -0.2) is 0 Å². The minimum Gasteiger partial charge on any atom is -0.332 e. The van der Waals surface area contributed by atoms with Gasteiger partial charge < -0.3 is 5.32 Å². The highest BCUT2D eigenvalue weighted by Crippen LogP contribution is 2.26. The average Bonchev–Trinajstić information content (AvgIpc) is 2.48. The van der Waals surface area contributed by atoms with Crippen LogP contribution >= 0.6 is 58.0 Å². The van der Waals surface area contributed by atoms with E-state index >= 15 is 0 Å². The first-order valence-corrected chi connectivity index (χ1v) is 9.39. The van der Waals surface area contributed by atoms with Gasteiger partial charge >= 0.3 is 0 Å². The van der Waals surface area contributed by atoms with Gasteiger partial charge in [-0.05, 0) is 82.7 Å². The van der Waals surface area contributed by atoms with Crippen LogP contribution in [0.25, 0.3) is 0 Å². The van der Waals surface area contributed by atoms with Crippen molar-refractivity contribution in [3.8, 4) is 0 Å². The van der Waals surface area contributed by atoms with Crippen LogP contribution in [0.5, 0.6) is 0 Å². The predicted octanol–water partition coefficient (Wildman–Crippen LogP) is 5.85. The Bertz CT molecular complexity index is 796. The highest BCUT2D eigenvalue weighted by molar-refractivity contribution is 14.1. The number of carbonyl (C=O) groups is 1. The van der Waals surface area contributed by atoms with Gasteiger partial charge in [0.25, 0.3) is 5.91 Å². The normalized spacial score (nSPS) is 10.6. The molecule has 0 spiro atoms. The molecule has 0 unspecified atom stereocenters. The monoisotopic (exact) mass is 492 g/mol. The summed E-state index contributed by atoms with van der Waals surface area (Å²) in [5, 5.41) is 6.68. The third-order valence-corrected chi connectivity index (χ3v) is 4.71. The first-order valence-electron chi connectivity index (χ1n) is 7.14. The van der Waals surface area contributed by atoms with Gasteiger partial charge in [-0.1, -0.05) is 37.0 Å². The van der Waals surface area contributed by atoms with Gasteiger partial charge in [0, 0.05) is 14.3 Å². The summed E-state index contributed by atoms with van der Waals surface area (Å²) in [5.74, 6) is -0.0581. The fourth-order valence-corrected chi connectivity index (χ4v) is 3.33. The second-order valence-electron chi connectivity index (χ2n) is 5.42.